The zero-order valence-electron chi connectivity index (χ0n) is 12.6. The highest BCUT2D eigenvalue weighted by atomic mass is 16.2. The number of amides is 1. The van der Waals surface area contributed by atoms with Crippen molar-refractivity contribution >= 4 is 5.91 Å². The second kappa shape index (κ2) is 6.02. The number of piperidine rings is 1. The van der Waals surface area contributed by atoms with Gasteiger partial charge in [0, 0.05) is 37.1 Å². The Morgan fingerprint density at radius 2 is 1.86 bits per heavy atom. The molecule has 3 heterocycles. The van der Waals surface area contributed by atoms with Gasteiger partial charge in [0.2, 0.25) is 0 Å². The van der Waals surface area contributed by atoms with Gasteiger partial charge in [0.25, 0.3) is 5.91 Å². The number of nitrogens with one attached hydrogen (secondary N) is 1. The number of hydrogen-bond donors (Lipinski definition) is 1. The van der Waals surface area contributed by atoms with Crippen LogP contribution in [0.15, 0.2) is 17.1 Å². The van der Waals surface area contributed by atoms with E-state index in [4.69, 9.17) is 0 Å². The number of H-pyrrole nitrogens is 1. The molecule has 1 aromatic rings. The maximum absolute atomic E-state index is 12.5. The maximum Gasteiger partial charge on any atom is 0.259 e. The van der Waals surface area contributed by atoms with Crippen molar-refractivity contribution in [3.63, 3.8) is 0 Å². The summed E-state index contributed by atoms with van der Waals surface area (Å²) in [5.74, 6) is -0.129. The topological polar surface area (TPSA) is 56.4 Å². The molecule has 0 radical (unpaired) electrons. The Morgan fingerprint density at radius 1 is 1.19 bits per heavy atom. The molecule has 1 aromatic heterocycles. The van der Waals surface area contributed by atoms with Crippen LogP contribution in [0, 0.1) is 6.92 Å². The second-order valence-electron chi connectivity index (χ2n) is 6.16. The average Bonchev–Trinajstić information content (AvgIpc) is 3.01. The van der Waals surface area contributed by atoms with E-state index in [0.29, 0.717) is 6.04 Å². The van der Waals surface area contributed by atoms with Gasteiger partial charge in [0.1, 0.15) is 5.56 Å². The molecule has 5 heteroatoms. The van der Waals surface area contributed by atoms with Gasteiger partial charge in [0.05, 0.1) is 0 Å². The molecule has 0 aromatic carbocycles. The Labute approximate surface area is 124 Å². The largest absolute Gasteiger partial charge is 0.364 e. The third-order valence-electron chi connectivity index (χ3n) is 4.70. The van der Waals surface area contributed by atoms with E-state index in [0.717, 1.165) is 31.6 Å². The van der Waals surface area contributed by atoms with Crippen LogP contribution in [0.4, 0.5) is 0 Å². The number of aromatic nitrogens is 1. The fourth-order valence-electron chi connectivity index (χ4n) is 3.45. The number of likely N-dealkylation sites (tertiary alicyclic amines) is 2. The number of pyridine rings is 1. The molecule has 2 fully saturated rings. The summed E-state index contributed by atoms with van der Waals surface area (Å²) in [5, 5.41) is 0. The van der Waals surface area contributed by atoms with Crippen LogP contribution < -0.4 is 5.43 Å². The lowest BCUT2D eigenvalue weighted by Gasteiger charge is -2.36. The number of aromatic amines is 1. The van der Waals surface area contributed by atoms with E-state index in [1.54, 1.807) is 6.20 Å². The van der Waals surface area contributed by atoms with Crippen LogP contribution in [-0.2, 0) is 0 Å². The average molecular weight is 289 g/mol. The van der Waals surface area contributed by atoms with Gasteiger partial charge >= 0.3 is 0 Å². The van der Waals surface area contributed by atoms with Crippen LogP contribution >= 0.6 is 0 Å². The van der Waals surface area contributed by atoms with Crippen molar-refractivity contribution in [1.29, 1.82) is 0 Å². The third kappa shape index (κ3) is 3.02. The molecule has 2 aliphatic rings. The summed E-state index contributed by atoms with van der Waals surface area (Å²) in [4.78, 5) is 31.7. The van der Waals surface area contributed by atoms with Gasteiger partial charge in [-0.2, -0.15) is 0 Å². The summed E-state index contributed by atoms with van der Waals surface area (Å²) in [6.45, 7) is 5.74. The lowest BCUT2D eigenvalue weighted by Crippen LogP contribution is -2.46. The van der Waals surface area contributed by atoms with Gasteiger partial charge in [-0.15, -0.1) is 0 Å². The van der Waals surface area contributed by atoms with Gasteiger partial charge in [-0.1, -0.05) is 0 Å². The predicted molar refractivity (Wildman–Crippen MR) is 81.5 cm³/mol. The van der Waals surface area contributed by atoms with E-state index in [-0.39, 0.29) is 16.9 Å². The maximum atomic E-state index is 12.5. The molecule has 0 unspecified atom stereocenters. The molecule has 21 heavy (non-hydrogen) atoms. The van der Waals surface area contributed by atoms with Crippen LogP contribution in [0.25, 0.3) is 0 Å². The Hall–Kier alpha value is -1.62. The molecule has 2 saturated heterocycles. The smallest absolute Gasteiger partial charge is 0.259 e. The van der Waals surface area contributed by atoms with Crippen molar-refractivity contribution < 1.29 is 4.79 Å². The number of rotatable bonds is 2. The standard InChI is InChI=1S/C16H23N3O2/c1-12-10-15(20)14(11-17-12)16(21)19-8-4-13(5-9-19)18-6-2-3-7-18/h10-11,13H,2-9H2,1H3,(H,17,20). The summed E-state index contributed by atoms with van der Waals surface area (Å²) in [5.41, 5.74) is 0.863. The molecule has 0 atom stereocenters. The van der Waals surface area contributed by atoms with Crippen LogP contribution in [0.1, 0.15) is 41.7 Å². The minimum Gasteiger partial charge on any atom is -0.364 e. The van der Waals surface area contributed by atoms with Gasteiger partial charge in [-0.25, -0.2) is 0 Å². The van der Waals surface area contributed by atoms with Gasteiger partial charge < -0.3 is 14.8 Å². The number of aryl methyl sites for hydroxylation is 1. The van der Waals surface area contributed by atoms with E-state index >= 15 is 0 Å². The van der Waals surface area contributed by atoms with E-state index < -0.39 is 0 Å². The molecular weight excluding hydrogens is 266 g/mol. The summed E-state index contributed by atoms with van der Waals surface area (Å²) in [7, 11) is 0. The number of carbonyl (C=O) groups excluding carboxylic acids is 1. The van der Waals surface area contributed by atoms with Crippen molar-refractivity contribution in [3.8, 4) is 0 Å². The van der Waals surface area contributed by atoms with E-state index in [1.807, 2.05) is 11.8 Å². The Morgan fingerprint density at radius 3 is 2.48 bits per heavy atom. The predicted octanol–water partition coefficient (Wildman–Crippen LogP) is 1.38. The van der Waals surface area contributed by atoms with Gasteiger partial charge in [-0.3, -0.25) is 9.59 Å². The Balaban J connectivity index is 1.63. The van der Waals surface area contributed by atoms with Crippen LogP contribution in [0.5, 0.6) is 0 Å². The lowest BCUT2D eigenvalue weighted by atomic mass is 10.0. The zero-order valence-corrected chi connectivity index (χ0v) is 12.6. The van der Waals surface area contributed by atoms with Crippen molar-refractivity contribution in [1.82, 2.24) is 14.8 Å². The molecule has 0 aliphatic carbocycles. The Bertz CT molecular complexity index is 567. The first-order chi connectivity index (χ1) is 10.1. The number of hydrogen-bond acceptors (Lipinski definition) is 3. The first kappa shape index (κ1) is 14.3. The molecule has 3 rings (SSSR count). The van der Waals surface area contributed by atoms with Crippen LogP contribution in [0.3, 0.4) is 0 Å². The molecule has 1 N–H and O–H groups in total. The molecule has 1 amide bonds. The Kier molecular flexibility index (Phi) is 4.10. The minimum absolute atomic E-state index is 0.129. The van der Waals surface area contributed by atoms with Crippen molar-refractivity contribution in [2.45, 2.75) is 38.6 Å². The SMILES string of the molecule is Cc1cc(=O)c(C(=O)N2CCC(N3CCCC3)CC2)c[nH]1. The van der Waals surface area contributed by atoms with E-state index in [1.165, 1.54) is 32.0 Å². The van der Waals surface area contributed by atoms with E-state index in [9.17, 15) is 9.59 Å². The first-order valence-electron chi connectivity index (χ1n) is 7.88. The molecule has 5 nitrogen and oxygen atoms in total. The molecule has 0 saturated carbocycles. The monoisotopic (exact) mass is 289 g/mol. The second-order valence-corrected chi connectivity index (χ2v) is 6.16. The zero-order chi connectivity index (χ0) is 14.8. The summed E-state index contributed by atoms with van der Waals surface area (Å²) >= 11 is 0. The van der Waals surface area contributed by atoms with Crippen molar-refractivity contribution in [3.05, 3.63) is 33.7 Å². The van der Waals surface area contributed by atoms with Gasteiger partial charge in [-0.05, 0) is 45.7 Å². The summed E-state index contributed by atoms with van der Waals surface area (Å²) in [6, 6.07) is 2.11. The lowest BCUT2D eigenvalue weighted by molar-refractivity contribution is 0.0643. The normalized spacial score (nSPS) is 20.9. The first-order valence-corrected chi connectivity index (χ1v) is 7.88. The molecule has 114 valence electrons. The fraction of sp³-hybridized carbons (Fsp3) is 0.625. The van der Waals surface area contributed by atoms with Crippen LogP contribution in [-0.4, -0.2) is 52.9 Å². The van der Waals surface area contributed by atoms with Gasteiger partial charge in [0.15, 0.2) is 5.43 Å². The van der Waals surface area contributed by atoms with Crippen molar-refractivity contribution in [2.24, 2.45) is 0 Å². The highest BCUT2D eigenvalue weighted by Crippen LogP contribution is 2.21. The van der Waals surface area contributed by atoms with E-state index in [2.05, 4.69) is 9.88 Å². The molecule has 0 spiro atoms. The third-order valence-corrected chi connectivity index (χ3v) is 4.70. The number of nitrogens with zero attached hydrogens (tertiary/aromatic N) is 2. The quantitative estimate of drug-likeness (QED) is 0.895. The summed E-state index contributed by atoms with van der Waals surface area (Å²) in [6.07, 6.45) is 6.20. The number of carbonyl (C=O) groups is 1. The van der Waals surface area contributed by atoms with Crippen molar-refractivity contribution in [2.75, 3.05) is 26.2 Å². The molecular formula is C16H23N3O2. The summed E-state index contributed by atoms with van der Waals surface area (Å²) < 4.78 is 0. The molecule has 0 bridgehead atoms. The fourth-order valence-corrected chi connectivity index (χ4v) is 3.45. The minimum atomic E-state index is -0.182. The van der Waals surface area contributed by atoms with Crippen LogP contribution in [0.2, 0.25) is 0 Å². The molecule has 2 aliphatic heterocycles. The highest BCUT2D eigenvalue weighted by molar-refractivity contribution is 5.93. The highest BCUT2D eigenvalue weighted by Gasteiger charge is 2.29.